The van der Waals surface area contributed by atoms with Gasteiger partial charge in [-0.15, -0.1) is 11.3 Å². The van der Waals surface area contributed by atoms with Crippen LogP contribution in [0.3, 0.4) is 0 Å². The molecule has 0 atom stereocenters. The molecule has 3 nitrogen and oxygen atoms in total. The van der Waals surface area contributed by atoms with Gasteiger partial charge in [0, 0.05) is 11.1 Å². The maximum atomic E-state index is 11.7. The van der Waals surface area contributed by atoms with E-state index < -0.39 is 5.97 Å². The molecule has 134 valence electrons. The molecule has 0 aliphatic heterocycles. The number of hydrogen-bond donors (Lipinski definition) is 1. The second kappa shape index (κ2) is 7.72. The summed E-state index contributed by atoms with van der Waals surface area (Å²) >= 11 is 37.6. The topological polar surface area (TPSA) is 50.2 Å². The summed E-state index contributed by atoms with van der Waals surface area (Å²) in [5, 5.41) is 11.0. The van der Waals surface area contributed by atoms with Crippen molar-refractivity contribution in [1.29, 1.82) is 0 Å². The van der Waals surface area contributed by atoms with Gasteiger partial charge in [0.15, 0.2) is 5.69 Å². The molecule has 0 unspecified atom stereocenters. The quantitative estimate of drug-likeness (QED) is 0.380. The van der Waals surface area contributed by atoms with Crippen molar-refractivity contribution in [2.24, 2.45) is 0 Å². The number of carbonyl (C=O) groups is 1. The van der Waals surface area contributed by atoms with E-state index in [1.165, 1.54) is 6.07 Å². The highest BCUT2D eigenvalue weighted by Gasteiger charge is 2.24. The smallest absolute Gasteiger partial charge is 0.356 e. The van der Waals surface area contributed by atoms with Crippen molar-refractivity contribution in [3.8, 4) is 21.0 Å². The molecule has 2 aromatic carbocycles. The van der Waals surface area contributed by atoms with E-state index in [0.717, 1.165) is 11.3 Å². The van der Waals surface area contributed by atoms with E-state index in [1.54, 1.807) is 18.2 Å². The molecule has 0 spiro atoms. The average Bonchev–Trinajstić information content (AvgIpc) is 3.03. The minimum atomic E-state index is -1.22. The lowest BCUT2D eigenvalue weighted by molar-refractivity contribution is 0.0692. The van der Waals surface area contributed by atoms with Crippen LogP contribution in [-0.4, -0.2) is 16.1 Å². The first kappa shape index (κ1) is 20.0. The Morgan fingerprint density at radius 3 is 1.85 bits per heavy atom. The zero-order valence-electron chi connectivity index (χ0n) is 12.3. The number of aromatic nitrogens is 1. The van der Waals surface area contributed by atoms with E-state index in [9.17, 15) is 9.90 Å². The van der Waals surface area contributed by atoms with E-state index in [-0.39, 0.29) is 35.8 Å². The lowest BCUT2D eigenvalue weighted by atomic mass is 10.1. The molecule has 0 saturated carbocycles. The largest absolute Gasteiger partial charge is 0.476 e. The third kappa shape index (κ3) is 3.52. The van der Waals surface area contributed by atoms with Crippen LogP contribution in [-0.2, 0) is 0 Å². The highest BCUT2D eigenvalue weighted by Crippen LogP contribution is 2.45. The Labute approximate surface area is 182 Å². The Bertz CT molecular complexity index is 1050. The van der Waals surface area contributed by atoms with Gasteiger partial charge in [-0.25, -0.2) is 9.78 Å². The van der Waals surface area contributed by atoms with Gasteiger partial charge in [0.25, 0.3) is 0 Å². The summed E-state index contributed by atoms with van der Waals surface area (Å²) < 4.78 is 0. The Morgan fingerprint density at radius 1 is 0.808 bits per heavy atom. The number of halogens is 6. The highest BCUT2D eigenvalue weighted by molar-refractivity contribution is 7.19. The first-order valence-electron chi connectivity index (χ1n) is 6.74. The monoisotopic (exact) mass is 485 g/mol. The molecular formula is C16H5Cl6NO2S. The maximum absolute atomic E-state index is 11.7. The summed E-state index contributed by atoms with van der Waals surface area (Å²) in [6.07, 6.45) is 0. The number of carboxylic acids is 1. The standard InChI is InChI=1S/C16H5Cl6NO2S/c17-7-3-1-5(9(19)11(7)21)14-13(16(24)25)23-15(26-14)6-2-4-8(18)12(22)10(6)20/h1-4H,(H,24,25). The first-order chi connectivity index (χ1) is 12.2. The zero-order valence-corrected chi connectivity index (χ0v) is 17.6. The minimum Gasteiger partial charge on any atom is -0.476 e. The van der Waals surface area contributed by atoms with Gasteiger partial charge >= 0.3 is 5.97 Å². The normalized spacial score (nSPS) is 11.0. The van der Waals surface area contributed by atoms with Crippen molar-refractivity contribution in [2.45, 2.75) is 0 Å². The number of carboxylic acid groups (broad SMARTS) is 1. The highest BCUT2D eigenvalue weighted by atomic mass is 35.5. The Balaban J connectivity index is 2.25. The van der Waals surface area contributed by atoms with Crippen molar-refractivity contribution < 1.29 is 9.90 Å². The molecule has 1 aromatic heterocycles. The average molecular weight is 488 g/mol. The molecule has 0 fully saturated rings. The fourth-order valence-corrected chi connectivity index (χ4v) is 4.64. The number of aromatic carboxylic acids is 1. The summed E-state index contributed by atoms with van der Waals surface area (Å²) in [7, 11) is 0. The molecule has 0 amide bonds. The van der Waals surface area contributed by atoms with Crippen LogP contribution in [0.1, 0.15) is 10.5 Å². The molecular weight excluding hydrogens is 483 g/mol. The van der Waals surface area contributed by atoms with Gasteiger partial charge in [-0.1, -0.05) is 75.7 Å². The fourth-order valence-electron chi connectivity index (χ4n) is 2.16. The molecule has 1 heterocycles. The number of nitrogens with zero attached hydrogens (tertiary/aromatic N) is 1. The molecule has 1 N–H and O–H groups in total. The Hall–Kier alpha value is -0.720. The molecule has 0 aliphatic carbocycles. The second-order valence-corrected chi connectivity index (χ2v) is 8.27. The third-order valence-corrected chi connectivity index (χ3v) is 7.08. The van der Waals surface area contributed by atoms with Crippen LogP contribution >= 0.6 is 80.9 Å². The van der Waals surface area contributed by atoms with Crippen molar-refractivity contribution in [2.75, 3.05) is 0 Å². The van der Waals surface area contributed by atoms with Crippen LogP contribution in [0.5, 0.6) is 0 Å². The van der Waals surface area contributed by atoms with Gasteiger partial charge in [0.05, 0.1) is 35.0 Å². The van der Waals surface area contributed by atoms with Gasteiger partial charge in [-0.05, 0) is 18.2 Å². The minimum absolute atomic E-state index is 0.129. The van der Waals surface area contributed by atoms with Gasteiger partial charge < -0.3 is 5.11 Å². The molecule has 0 radical (unpaired) electrons. The Kier molecular flexibility index (Phi) is 5.95. The van der Waals surface area contributed by atoms with Crippen LogP contribution in [0.4, 0.5) is 0 Å². The van der Waals surface area contributed by atoms with Crippen molar-refractivity contribution >= 4 is 86.9 Å². The maximum Gasteiger partial charge on any atom is 0.356 e. The number of rotatable bonds is 3. The van der Waals surface area contributed by atoms with Crippen LogP contribution in [0.25, 0.3) is 21.0 Å². The summed E-state index contributed by atoms with van der Waals surface area (Å²) in [6.45, 7) is 0. The summed E-state index contributed by atoms with van der Waals surface area (Å²) in [6, 6.07) is 6.28. The second-order valence-electron chi connectivity index (χ2n) is 4.95. The van der Waals surface area contributed by atoms with Gasteiger partial charge in [0.1, 0.15) is 5.01 Å². The molecule has 3 aromatic rings. The van der Waals surface area contributed by atoms with E-state index in [2.05, 4.69) is 4.98 Å². The van der Waals surface area contributed by atoms with Crippen molar-refractivity contribution in [3.05, 3.63) is 60.1 Å². The summed E-state index contributed by atoms with van der Waals surface area (Å²) in [5.74, 6) is -1.22. The van der Waals surface area contributed by atoms with Gasteiger partial charge in [-0.3, -0.25) is 0 Å². The van der Waals surface area contributed by atoms with Crippen LogP contribution in [0, 0.1) is 0 Å². The number of thiazole rings is 1. The molecule has 3 rings (SSSR count). The predicted octanol–water partition coefficient (Wildman–Crippen LogP) is 8.10. The fraction of sp³-hybridized carbons (Fsp3) is 0. The van der Waals surface area contributed by atoms with Crippen LogP contribution in [0.15, 0.2) is 24.3 Å². The number of benzene rings is 2. The summed E-state index contributed by atoms with van der Waals surface area (Å²) in [4.78, 5) is 16.2. The van der Waals surface area contributed by atoms with E-state index in [4.69, 9.17) is 69.6 Å². The Morgan fingerprint density at radius 2 is 1.31 bits per heavy atom. The lowest BCUT2D eigenvalue weighted by Gasteiger charge is -2.06. The summed E-state index contributed by atoms with van der Waals surface area (Å²) in [5.41, 5.74) is 0.668. The number of hydrogen-bond acceptors (Lipinski definition) is 3. The molecule has 0 bridgehead atoms. The lowest BCUT2D eigenvalue weighted by Crippen LogP contribution is -1.99. The molecule has 10 heteroatoms. The SMILES string of the molecule is O=C(O)c1nc(-c2ccc(Cl)c(Cl)c2Cl)sc1-c1ccc(Cl)c(Cl)c1Cl. The predicted molar refractivity (Wildman–Crippen MR) is 110 cm³/mol. The molecule has 0 saturated heterocycles. The van der Waals surface area contributed by atoms with Crippen LogP contribution in [0.2, 0.25) is 30.1 Å². The van der Waals surface area contributed by atoms with E-state index >= 15 is 0 Å². The van der Waals surface area contributed by atoms with Gasteiger partial charge in [0.2, 0.25) is 0 Å². The van der Waals surface area contributed by atoms with Crippen molar-refractivity contribution in [3.63, 3.8) is 0 Å². The van der Waals surface area contributed by atoms with E-state index in [1.807, 2.05) is 0 Å². The molecule has 0 aliphatic rings. The zero-order chi connectivity index (χ0) is 19.2. The van der Waals surface area contributed by atoms with E-state index in [0.29, 0.717) is 21.0 Å². The third-order valence-electron chi connectivity index (χ3n) is 3.38. The molecule has 26 heavy (non-hydrogen) atoms. The van der Waals surface area contributed by atoms with Crippen LogP contribution < -0.4 is 0 Å². The first-order valence-corrected chi connectivity index (χ1v) is 9.82. The van der Waals surface area contributed by atoms with Gasteiger partial charge in [-0.2, -0.15) is 0 Å². The van der Waals surface area contributed by atoms with Crippen molar-refractivity contribution in [1.82, 2.24) is 4.98 Å².